The molecule has 4 heteroatoms. The molecule has 0 fully saturated rings. The van der Waals surface area contributed by atoms with Gasteiger partial charge in [-0.25, -0.2) is 4.79 Å². The summed E-state index contributed by atoms with van der Waals surface area (Å²) in [4.78, 5) is 11.3. The molecule has 0 unspecified atom stereocenters. The van der Waals surface area contributed by atoms with Gasteiger partial charge in [-0.1, -0.05) is 23.4 Å². The Morgan fingerprint density at radius 1 is 1.56 bits per heavy atom. The fourth-order valence-corrected chi connectivity index (χ4v) is 1.28. The van der Waals surface area contributed by atoms with Crippen LogP contribution in [0.15, 0.2) is 18.2 Å². The first-order valence-corrected chi connectivity index (χ1v) is 5.04. The van der Waals surface area contributed by atoms with E-state index < -0.39 is 5.97 Å². The monoisotopic (exact) mass is 238 g/mol. The molecule has 0 aliphatic heterocycles. The zero-order valence-corrected chi connectivity index (χ0v) is 9.54. The molecule has 0 aliphatic carbocycles. The van der Waals surface area contributed by atoms with Gasteiger partial charge in [0, 0.05) is 12.0 Å². The van der Waals surface area contributed by atoms with Crippen molar-refractivity contribution >= 4 is 17.6 Å². The van der Waals surface area contributed by atoms with Crippen LogP contribution in [0.25, 0.3) is 0 Å². The van der Waals surface area contributed by atoms with Crippen molar-refractivity contribution in [3.8, 4) is 11.8 Å². The average molecular weight is 239 g/mol. The molecule has 0 radical (unpaired) electrons. The average Bonchev–Trinajstić information content (AvgIpc) is 2.30. The topological polar surface area (TPSA) is 46.5 Å². The van der Waals surface area contributed by atoms with Gasteiger partial charge in [0.15, 0.2) is 0 Å². The third kappa shape index (κ3) is 3.27. The zero-order chi connectivity index (χ0) is 12.0. The van der Waals surface area contributed by atoms with Crippen LogP contribution in [-0.4, -0.2) is 24.8 Å². The second kappa shape index (κ2) is 6.16. The number of methoxy groups -OCH3 is 1. The normalized spacial score (nSPS) is 9.19. The maximum absolute atomic E-state index is 11.3. The van der Waals surface area contributed by atoms with Crippen LogP contribution in [0.4, 0.5) is 0 Å². The largest absolute Gasteiger partial charge is 0.465 e. The summed E-state index contributed by atoms with van der Waals surface area (Å²) in [5.74, 6) is 5.09. The molecule has 0 atom stereocenters. The van der Waals surface area contributed by atoms with Crippen molar-refractivity contribution in [2.24, 2.45) is 0 Å². The third-order valence-electron chi connectivity index (χ3n) is 1.84. The van der Waals surface area contributed by atoms with E-state index in [2.05, 4.69) is 16.6 Å². The molecule has 1 aromatic carbocycles. The number of aliphatic hydroxyl groups is 1. The maximum atomic E-state index is 11.3. The van der Waals surface area contributed by atoms with Gasteiger partial charge in [-0.2, -0.15) is 0 Å². The van der Waals surface area contributed by atoms with Crippen LogP contribution in [0.3, 0.4) is 0 Å². The predicted molar refractivity (Wildman–Crippen MR) is 61.4 cm³/mol. The van der Waals surface area contributed by atoms with Crippen molar-refractivity contribution in [3.05, 3.63) is 34.3 Å². The molecule has 0 spiro atoms. The lowest BCUT2D eigenvalue weighted by molar-refractivity contribution is 0.0601. The van der Waals surface area contributed by atoms with Gasteiger partial charge in [0.05, 0.1) is 24.3 Å². The number of benzene rings is 1. The fraction of sp³-hybridized carbons (Fsp3) is 0.250. The molecule has 84 valence electrons. The molecular weight excluding hydrogens is 228 g/mol. The summed E-state index contributed by atoms with van der Waals surface area (Å²) in [6.07, 6.45) is 0.399. The zero-order valence-electron chi connectivity index (χ0n) is 8.79. The Morgan fingerprint density at radius 2 is 2.31 bits per heavy atom. The summed E-state index contributed by atoms with van der Waals surface area (Å²) in [5, 5.41) is 8.90. The summed E-state index contributed by atoms with van der Waals surface area (Å²) in [5.41, 5.74) is 0.957. The molecule has 3 nitrogen and oxygen atoms in total. The molecule has 0 aromatic heterocycles. The number of aliphatic hydroxyl groups excluding tert-OH is 1. The first-order chi connectivity index (χ1) is 7.69. The number of halogens is 1. The van der Waals surface area contributed by atoms with Crippen molar-refractivity contribution < 1.29 is 14.6 Å². The number of esters is 1. The second-order valence-electron chi connectivity index (χ2n) is 2.96. The van der Waals surface area contributed by atoms with Crippen molar-refractivity contribution in [1.29, 1.82) is 0 Å². The Labute approximate surface area is 99.0 Å². The molecule has 1 N–H and O–H groups in total. The Bertz CT molecular complexity index is 443. The SMILES string of the molecule is COC(=O)c1cc(C#CCCO)ccc1Cl. The van der Waals surface area contributed by atoms with E-state index in [9.17, 15) is 4.79 Å². The lowest BCUT2D eigenvalue weighted by Gasteiger charge is -2.02. The summed E-state index contributed by atoms with van der Waals surface area (Å²) in [7, 11) is 1.29. The molecular formula is C12H11ClO3. The van der Waals surface area contributed by atoms with E-state index in [1.807, 2.05) is 0 Å². The molecule has 0 amide bonds. The molecule has 1 rings (SSSR count). The fourth-order valence-electron chi connectivity index (χ4n) is 1.09. The molecule has 0 bridgehead atoms. The number of hydrogen-bond acceptors (Lipinski definition) is 3. The van der Waals surface area contributed by atoms with Crippen molar-refractivity contribution in [2.75, 3.05) is 13.7 Å². The highest BCUT2D eigenvalue weighted by Gasteiger charge is 2.10. The first-order valence-electron chi connectivity index (χ1n) is 4.66. The van der Waals surface area contributed by atoms with E-state index in [1.165, 1.54) is 7.11 Å². The van der Waals surface area contributed by atoms with Gasteiger partial charge in [-0.3, -0.25) is 0 Å². The van der Waals surface area contributed by atoms with E-state index in [1.54, 1.807) is 18.2 Å². The predicted octanol–water partition coefficient (Wildman–Crippen LogP) is 1.86. The van der Waals surface area contributed by atoms with E-state index in [0.29, 0.717) is 22.6 Å². The van der Waals surface area contributed by atoms with Crippen LogP contribution in [0.5, 0.6) is 0 Å². The third-order valence-corrected chi connectivity index (χ3v) is 2.17. The summed E-state index contributed by atoms with van der Waals surface area (Å²) in [6.45, 7) is 0.0183. The molecule has 0 saturated heterocycles. The number of hydrogen-bond donors (Lipinski definition) is 1. The van der Waals surface area contributed by atoms with Gasteiger partial charge in [0.25, 0.3) is 0 Å². The van der Waals surface area contributed by atoms with E-state index in [4.69, 9.17) is 16.7 Å². The van der Waals surface area contributed by atoms with Gasteiger partial charge in [-0.05, 0) is 18.2 Å². The van der Waals surface area contributed by atoms with Gasteiger partial charge in [0.2, 0.25) is 0 Å². The maximum Gasteiger partial charge on any atom is 0.339 e. The first kappa shape index (κ1) is 12.6. The van der Waals surface area contributed by atoms with Crippen molar-refractivity contribution in [2.45, 2.75) is 6.42 Å². The number of carbonyl (C=O) groups excluding carboxylic acids is 1. The van der Waals surface area contributed by atoms with Crippen LogP contribution in [0, 0.1) is 11.8 Å². The lowest BCUT2D eigenvalue weighted by Crippen LogP contribution is -2.02. The van der Waals surface area contributed by atoms with E-state index in [-0.39, 0.29) is 6.61 Å². The standard InChI is InChI=1S/C12H11ClO3/c1-16-12(15)10-8-9(4-2-3-7-14)5-6-11(10)13/h5-6,8,14H,3,7H2,1H3. The highest BCUT2D eigenvalue weighted by molar-refractivity contribution is 6.33. The Kier molecular flexibility index (Phi) is 4.84. The Hall–Kier alpha value is -1.50. The molecule has 16 heavy (non-hydrogen) atoms. The lowest BCUT2D eigenvalue weighted by atomic mass is 10.1. The highest BCUT2D eigenvalue weighted by Crippen LogP contribution is 2.18. The minimum atomic E-state index is -0.490. The van der Waals surface area contributed by atoms with Crippen LogP contribution in [0.1, 0.15) is 22.3 Å². The molecule has 0 heterocycles. The van der Waals surface area contributed by atoms with Crippen LogP contribution in [0.2, 0.25) is 5.02 Å². The minimum absolute atomic E-state index is 0.0183. The summed E-state index contributed by atoms with van der Waals surface area (Å²) in [6, 6.07) is 4.87. The smallest absolute Gasteiger partial charge is 0.339 e. The van der Waals surface area contributed by atoms with Gasteiger partial charge < -0.3 is 9.84 Å². The summed E-state index contributed by atoms with van der Waals surface area (Å²) < 4.78 is 4.59. The van der Waals surface area contributed by atoms with Crippen LogP contribution >= 0.6 is 11.6 Å². The second-order valence-corrected chi connectivity index (χ2v) is 3.37. The van der Waals surface area contributed by atoms with Crippen LogP contribution < -0.4 is 0 Å². The minimum Gasteiger partial charge on any atom is -0.465 e. The Balaban J connectivity index is 2.99. The summed E-state index contributed by atoms with van der Waals surface area (Å²) >= 11 is 5.84. The van der Waals surface area contributed by atoms with Crippen molar-refractivity contribution in [3.63, 3.8) is 0 Å². The number of rotatable bonds is 2. The van der Waals surface area contributed by atoms with E-state index >= 15 is 0 Å². The quantitative estimate of drug-likeness (QED) is 0.632. The van der Waals surface area contributed by atoms with Gasteiger partial charge in [-0.15, -0.1) is 0 Å². The number of ether oxygens (including phenoxy) is 1. The van der Waals surface area contributed by atoms with Gasteiger partial charge in [0.1, 0.15) is 0 Å². The van der Waals surface area contributed by atoms with Crippen LogP contribution in [-0.2, 0) is 4.74 Å². The van der Waals surface area contributed by atoms with Gasteiger partial charge >= 0.3 is 5.97 Å². The van der Waals surface area contributed by atoms with Crippen molar-refractivity contribution in [1.82, 2.24) is 0 Å². The highest BCUT2D eigenvalue weighted by atomic mass is 35.5. The molecule has 0 saturated carbocycles. The Morgan fingerprint density at radius 3 is 2.94 bits per heavy atom. The van der Waals surface area contributed by atoms with E-state index in [0.717, 1.165) is 0 Å². The number of carbonyl (C=O) groups is 1. The molecule has 1 aromatic rings. The molecule has 0 aliphatic rings.